The van der Waals surface area contributed by atoms with Gasteiger partial charge in [0.15, 0.2) is 0 Å². The first-order chi connectivity index (χ1) is 8.40. The van der Waals surface area contributed by atoms with Crippen LogP contribution in [0.2, 0.25) is 0 Å². The molecule has 4 heteroatoms. The molecule has 1 aliphatic heterocycles. The molecule has 1 aliphatic carbocycles. The lowest BCUT2D eigenvalue weighted by Gasteiger charge is -2.22. The average molecular weight is 235 g/mol. The third-order valence-electron chi connectivity index (χ3n) is 3.99. The van der Waals surface area contributed by atoms with Gasteiger partial charge in [0, 0.05) is 5.69 Å². The molecule has 0 spiro atoms. The van der Waals surface area contributed by atoms with Crippen molar-refractivity contribution in [3.05, 3.63) is 17.0 Å². The lowest BCUT2D eigenvalue weighted by Crippen LogP contribution is -2.28. The molecule has 1 aromatic rings. The van der Waals surface area contributed by atoms with Crippen molar-refractivity contribution in [1.29, 1.82) is 0 Å². The van der Waals surface area contributed by atoms with Gasteiger partial charge in [-0.25, -0.2) is 0 Å². The second kappa shape index (κ2) is 4.78. The predicted octanol–water partition coefficient (Wildman–Crippen LogP) is 1.18. The smallest absolute Gasteiger partial charge is 0.0828 e. The molecule has 2 N–H and O–H groups in total. The van der Waals surface area contributed by atoms with E-state index < -0.39 is 0 Å². The van der Waals surface area contributed by atoms with Crippen LogP contribution in [0.25, 0.3) is 0 Å². The molecule has 2 heterocycles. The molecule has 1 fully saturated rings. The second-order valence-electron chi connectivity index (χ2n) is 5.11. The molecule has 1 atom stereocenters. The predicted molar refractivity (Wildman–Crippen MR) is 65.9 cm³/mol. The lowest BCUT2D eigenvalue weighted by atomic mass is 9.99. The van der Waals surface area contributed by atoms with Crippen molar-refractivity contribution in [2.24, 2.45) is 0 Å². The molecule has 1 unspecified atom stereocenters. The van der Waals surface area contributed by atoms with Crippen LogP contribution in [-0.4, -0.2) is 28.0 Å². The van der Waals surface area contributed by atoms with Gasteiger partial charge in [0.25, 0.3) is 0 Å². The molecular weight excluding hydrogens is 214 g/mol. The Labute approximate surface area is 102 Å². The molecule has 0 bridgehead atoms. The second-order valence-corrected chi connectivity index (χ2v) is 5.11. The Morgan fingerprint density at radius 3 is 3.00 bits per heavy atom. The quantitative estimate of drug-likeness (QED) is 0.827. The number of hydrogen-bond donors (Lipinski definition) is 2. The van der Waals surface area contributed by atoms with E-state index in [-0.39, 0.29) is 6.61 Å². The van der Waals surface area contributed by atoms with Gasteiger partial charge in [-0.3, -0.25) is 4.68 Å². The van der Waals surface area contributed by atoms with Gasteiger partial charge in [-0.05, 0) is 44.2 Å². The van der Waals surface area contributed by atoms with Gasteiger partial charge < -0.3 is 10.4 Å². The normalized spacial score (nSPS) is 23.9. The Morgan fingerprint density at radius 2 is 2.24 bits per heavy atom. The topological polar surface area (TPSA) is 50.1 Å². The molecule has 4 nitrogen and oxygen atoms in total. The first-order valence-corrected chi connectivity index (χ1v) is 6.83. The lowest BCUT2D eigenvalue weighted by molar-refractivity contribution is 0.266. The molecule has 0 saturated carbocycles. The van der Waals surface area contributed by atoms with Gasteiger partial charge in [-0.2, -0.15) is 5.10 Å². The molecule has 17 heavy (non-hydrogen) atoms. The van der Waals surface area contributed by atoms with Crippen molar-refractivity contribution in [1.82, 2.24) is 15.1 Å². The summed E-state index contributed by atoms with van der Waals surface area (Å²) in [6.45, 7) is 1.95. The molecule has 3 rings (SSSR count). The molecular formula is C13H21N3O. The zero-order chi connectivity index (χ0) is 11.7. The molecule has 0 amide bonds. The van der Waals surface area contributed by atoms with Crippen LogP contribution in [0.4, 0.5) is 0 Å². The minimum Gasteiger partial charge on any atom is -0.394 e. The van der Waals surface area contributed by atoms with Crippen molar-refractivity contribution < 1.29 is 5.11 Å². The van der Waals surface area contributed by atoms with Crippen LogP contribution in [0.3, 0.4) is 0 Å². The van der Waals surface area contributed by atoms with E-state index in [1.54, 1.807) is 0 Å². The minimum absolute atomic E-state index is 0.186. The van der Waals surface area contributed by atoms with E-state index in [0.717, 1.165) is 13.0 Å². The third-order valence-corrected chi connectivity index (χ3v) is 3.99. The van der Waals surface area contributed by atoms with Crippen molar-refractivity contribution in [2.45, 2.75) is 51.1 Å². The van der Waals surface area contributed by atoms with Crippen LogP contribution in [0.5, 0.6) is 0 Å². The summed E-state index contributed by atoms with van der Waals surface area (Å²) in [6.07, 6.45) is 7.36. The monoisotopic (exact) mass is 235 g/mol. The molecule has 0 aromatic carbocycles. The fourth-order valence-electron chi connectivity index (χ4n) is 3.18. The molecule has 2 aliphatic rings. The van der Waals surface area contributed by atoms with Crippen molar-refractivity contribution in [3.63, 3.8) is 0 Å². The number of aromatic nitrogens is 2. The highest BCUT2D eigenvalue weighted by molar-refractivity contribution is 5.33. The van der Waals surface area contributed by atoms with E-state index in [4.69, 9.17) is 10.2 Å². The van der Waals surface area contributed by atoms with Crippen molar-refractivity contribution in [3.8, 4) is 0 Å². The zero-order valence-corrected chi connectivity index (χ0v) is 10.3. The number of rotatable bonds is 3. The maximum atomic E-state index is 9.09. The Balaban J connectivity index is 1.90. The number of nitrogens with zero attached hydrogens (tertiary/aromatic N) is 2. The van der Waals surface area contributed by atoms with Gasteiger partial charge >= 0.3 is 0 Å². The van der Waals surface area contributed by atoms with Crippen LogP contribution < -0.4 is 5.32 Å². The van der Waals surface area contributed by atoms with Crippen LogP contribution >= 0.6 is 0 Å². The largest absolute Gasteiger partial charge is 0.394 e. The van der Waals surface area contributed by atoms with E-state index >= 15 is 0 Å². The summed E-state index contributed by atoms with van der Waals surface area (Å²) in [5.41, 5.74) is 4.12. The van der Waals surface area contributed by atoms with E-state index in [2.05, 4.69) is 5.32 Å². The highest BCUT2D eigenvalue weighted by Crippen LogP contribution is 2.32. The highest BCUT2D eigenvalue weighted by atomic mass is 16.3. The maximum absolute atomic E-state index is 9.09. The maximum Gasteiger partial charge on any atom is 0.0828 e. The van der Waals surface area contributed by atoms with Gasteiger partial charge in [-0.15, -0.1) is 0 Å². The number of fused-ring (bicyclic) bond motifs is 1. The van der Waals surface area contributed by atoms with E-state index in [9.17, 15) is 0 Å². The molecule has 1 aromatic heterocycles. The minimum atomic E-state index is 0.186. The van der Waals surface area contributed by atoms with Crippen LogP contribution in [0, 0.1) is 0 Å². The van der Waals surface area contributed by atoms with Crippen LogP contribution in [0.15, 0.2) is 0 Å². The Bertz CT molecular complexity index is 394. The molecule has 1 saturated heterocycles. The molecule has 94 valence electrons. The summed E-state index contributed by atoms with van der Waals surface area (Å²) in [4.78, 5) is 0. The van der Waals surface area contributed by atoms with Crippen molar-refractivity contribution >= 4 is 0 Å². The standard InChI is InChI=1S/C13H21N3O/c17-9-8-16-12-6-3-4-10(12)13(15-16)11-5-1-2-7-14-11/h11,14,17H,1-9H2. The first kappa shape index (κ1) is 11.2. The summed E-state index contributed by atoms with van der Waals surface area (Å²) in [5.74, 6) is 0. The van der Waals surface area contributed by atoms with E-state index in [0.29, 0.717) is 12.6 Å². The average Bonchev–Trinajstić information content (AvgIpc) is 2.94. The summed E-state index contributed by atoms with van der Waals surface area (Å²) in [7, 11) is 0. The SMILES string of the molecule is OCCn1nc(C2CCCCN2)c2c1CCC2. The third kappa shape index (κ3) is 2.00. The summed E-state index contributed by atoms with van der Waals surface area (Å²) in [6, 6.07) is 0.454. The highest BCUT2D eigenvalue weighted by Gasteiger charge is 2.27. The Morgan fingerprint density at radius 1 is 1.29 bits per heavy atom. The Kier molecular flexibility index (Phi) is 3.16. The van der Waals surface area contributed by atoms with Gasteiger partial charge in [-0.1, -0.05) is 6.42 Å². The summed E-state index contributed by atoms with van der Waals surface area (Å²) < 4.78 is 2.04. The van der Waals surface area contributed by atoms with Gasteiger partial charge in [0.05, 0.1) is 24.9 Å². The molecule has 0 radical (unpaired) electrons. The number of aliphatic hydroxyl groups is 1. The van der Waals surface area contributed by atoms with Crippen molar-refractivity contribution in [2.75, 3.05) is 13.2 Å². The van der Waals surface area contributed by atoms with Gasteiger partial charge in [0.2, 0.25) is 0 Å². The Hall–Kier alpha value is -0.870. The van der Waals surface area contributed by atoms with E-state index in [1.807, 2.05) is 4.68 Å². The van der Waals surface area contributed by atoms with E-state index in [1.165, 1.54) is 49.1 Å². The zero-order valence-electron chi connectivity index (χ0n) is 10.3. The number of nitrogens with one attached hydrogen (secondary N) is 1. The fourth-order valence-corrected chi connectivity index (χ4v) is 3.18. The van der Waals surface area contributed by atoms with Crippen LogP contribution in [-0.2, 0) is 19.4 Å². The number of piperidine rings is 1. The number of aliphatic hydroxyl groups excluding tert-OH is 1. The summed E-state index contributed by atoms with van der Waals surface area (Å²) in [5, 5.41) is 17.4. The summed E-state index contributed by atoms with van der Waals surface area (Å²) >= 11 is 0. The number of hydrogen-bond acceptors (Lipinski definition) is 3. The van der Waals surface area contributed by atoms with Crippen LogP contribution in [0.1, 0.15) is 48.7 Å². The first-order valence-electron chi connectivity index (χ1n) is 6.83. The van der Waals surface area contributed by atoms with Gasteiger partial charge in [0.1, 0.15) is 0 Å². The fraction of sp³-hybridized carbons (Fsp3) is 0.769.